The molecule has 0 fully saturated rings. The minimum absolute atomic E-state index is 0.243. The van der Waals surface area contributed by atoms with Crippen molar-refractivity contribution in [3.05, 3.63) is 34.9 Å². The van der Waals surface area contributed by atoms with Crippen molar-refractivity contribution in [2.45, 2.75) is 25.1 Å². The van der Waals surface area contributed by atoms with Gasteiger partial charge in [0.2, 0.25) is 0 Å². The molecule has 0 aliphatic carbocycles. The van der Waals surface area contributed by atoms with Gasteiger partial charge >= 0.3 is 11.9 Å². The van der Waals surface area contributed by atoms with Crippen LogP contribution in [0, 0.1) is 0 Å². The fourth-order valence-electron chi connectivity index (χ4n) is 1.78. The summed E-state index contributed by atoms with van der Waals surface area (Å²) in [5, 5.41) is 0.622. The minimum Gasteiger partial charge on any atom is -0.469 e. The number of ether oxygens (including phenoxy) is 2. The van der Waals surface area contributed by atoms with E-state index in [-0.39, 0.29) is 18.4 Å². The monoisotopic (exact) mass is 328 g/mol. The Kier molecular flexibility index (Phi) is 6.56. The van der Waals surface area contributed by atoms with Crippen LogP contribution in [0.3, 0.4) is 0 Å². The van der Waals surface area contributed by atoms with Gasteiger partial charge in [-0.1, -0.05) is 28.1 Å². The molecule has 0 N–H and O–H groups in total. The summed E-state index contributed by atoms with van der Waals surface area (Å²) in [6.45, 7) is 2.09. The van der Waals surface area contributed by atoms with Crippen molar-refractivity contribution in [3.63, 3.8) is 0 Å². The lowest BCUT2D eigenvalue weighted by molar-refractivity contribution is -0.140. The quantitative estimate of drug-likeness (QED) is 0.595. The Bertz CT molecular complexity index is 457. The van der Waals surface area contributed by atoms with Gasteiger partial charge in [-0.05, 0) is 30.5 Å². The highest BCUT2D eigenvalue weighted by molar-refractivity contribution is 9.08. The Morgan fingerprint density at radius 3 is 2.63 bits per heavy atom. The second kappa shape index (κ2) is 7.94. The van der Waals surface area contributed by atoms with Crippen molar-refractivity contribution in [2.24, 2.45) is 0 Å². The maximum Gasteiger partial charge on any atom is 0.338 e. The lowest BCUT2D eigenvalue weighted by Crippen LogP contribution is -2.11. The third-order valence-corrected chi connectivity index (χ3v) is 3.32. The van der Waals surface area contributed by atoms with Crippen molar-refractivity contribution >= 4 is 27.9 Å². The second-order valence-electron chi connectivity index (χ2n) is 3.87. The van der Waals surface area contributed by atoms with Gasteiger partial charge in [-0.15, -0.1) is 0 Å². The predicted octanol–water partition coefficient (Wildman–Crippen LogP) is 2.86. The van der Waals surface area contributed by atoms with Crippen LogP contribution in [0.4, 0.5) is 0 Å². The Morgan fingerprint density at radius 2 is 2.05 bits per heavy atom. The van der Waals surface area contributed by atoms with Gasteiger partial charge in [0.25, 0.3) is 0 Å². The molecule has 0 aliphatic heterocycles. The van der Waals surface area contributed by atoms with Crippen LogP contribution in [0.5, 0.6) is 0 Å². The molecule has 0 saturated heterocycles. The molecule has 0 heterocycles. The van der Waals surface area contributed by atoms with E-state index in [2.05, 4.69) is 20.7 Å². The summed E-state index contributed by atoms with van der Waals surface area (Å²) in [6, 6.07) is 5.45. The van der Waals surface area contributed by atoms with Crippen molar-refractivity contribution < 1.29 is 19.1 Å². The van der Waals surface area contributed by atoms with Crippen LogP contribution in [0.1, 0.15) is 34.8 Å². The van der Waals surface area contributed by atoms with Crippen LogP contribution in [-0.2, 0) is 26.0 Å². The van der Waals surface area contributed by atoms with Gasteiger partial charge in [0.15, 0.2) is 0 Å². The van der Waals surface area contributed by atoms with E-state index >= 15 is 0 Å². The molecule has 1 aromatic rings. The SMILES string of the molecule is CCOC(=O)c1cccc(CBr)c1CCC(=O)OC. The average Bonchev–Trinajstić information content (AvgIpc) is 2.44. The number of hydrogen-bond acceptors (Lipinski definition) is 4. The van der Waals surface area contributed by atoms with E-state index in [1.165, 1.54) is 7.11 Å². The lowest BCUT2D eigenvalue weighted by Gasteiger charge is -2.12. The molecule has 0 spiro atoms. The van der Waals surface area contributed by atoms with Crippen LogP contribution < -0.4 is 0 Å². The van der Waals surface area contributed by atoms with E-state index < -0.39 is 0 Å². The summed E-state index contributed by atoms with van der Waals surface area (Å²) in [5.74, 6) is -0.649. The number of hydrogen-bond donors (Lipinski definition) is 0. The van der Waals surface area contributed by atoms with E-state index in [9.17, 15) is 9.59 Å². The van der Waals surface area contributed by atoms with Crippen LogP contribution in [0.15, 0.2) is 18.2 Å². The average molecular weight is 329 g/mol. The molecule has 1 aromatic carbocycles. The second-order valence-corrected chi connectivity index (χ2v) is 4.43. The topological polar surface area (TPSA) is 52.6 Å². The fraction of sp³-hybridized carbons (Fsp3) is 0.429. The predicted molar refractivity (Wildman–Crippen MR) is 75.4 cm³/mol. The van der Waals surface area contributed by atoms with Crippen LogP contribution in [-0.4, -0.2) is 25.7 Å². The molecule has 0 aliphatic rings. The molecule has 1 rings (SSSR count). The lowest BCUT2D eigenvalue weighted by atomic mass is 9.97. The summed E-state index contributed by atoms with van der Waals surface area (Å²) < 4.78 is 9.66. The van der Waals surface area contributed by atoms with Crippen molar-refractivity contribution in [1.82, 2.24) is 0 Å². The molecule has 0 saturated carbocycles. The first-order valence-corrected chi connectivity index (χ1v) is 7.16. The van der Waals surface area contributed by atoms with Crippen molar-refractivity contribution in [3.8, 4) is 0 Å². The first kappa shape index (κ1) is 15.7. The van der Waals surface area contributed by atoms with Crippen molar-refractivity contribution in [2.75, 3.05) is 13.7 Å². The van der Waals surface area contributed by atoms with Crippen molar-refractivity contribution in [1.29, 1.82) is 0 Å². The van der Waals surface area contributed by atoms with Gasteiger partial charge in [-0.3, -0.25) is 4.79 Å². The fourth-order valence-corrected chi connectivity index (χ4v) is 2.31. The highest BCUT2D eigenvalue weighted by Gasteiger charge is 2.16. The van der Waals surface area contributed by atoms with Gasteiger partial charge in [-0.2, -0.15) is 0 Å². The zero-order chi connectivity index (χ0) is 14.3. The normalized spacial score (nSPS) is 10.1. The Balaban J connectivity index is 3.02. The Labute approximate surface area is 121 Å². The van der Waals surface area contributed by atoms with Crippen LogP contribution >= 0.6 is 15.9 Å². The molecule has 0 aromatic heterocycles. The smallest absolute Gasteiger partial charge is 0.338 e. The third kappa shape index (κ3) is 4.35. The van der Waals surface area contributed by atoms with Gasteiger partial charge < -0.3 is 9.47 Å². The maximum atomic E-state index is 11.9. The highest BCUT2D eigenvalue weighted by Crippen LogP contribution is 2.20. The molecular formula is C14H17BrO4. The molecule has 4 nitrogen and oxygen atoms in total. The maximum absolute atomic E-state index is 11.9. The van der Waals surface area contributed by atoms with E-state index in [4.69, 9.17) is 4.74 Å². The molecule has 19 heavy (non-hydrogen) atoms. The molecular weight excluding hydrogens is 312 g/mol. The number of rotatable bonds is 6. The number of carbonyl (C=O) groups excluding carboxylic acids is 2. The summed E-state index contributed by atoms with van der Waals surface area (Å²) >= 11 is 3.39. The third-order valence-electron chi connectivity index (χ3n) is 2.72. The van der Waals surface area contributed by atoms with E-state index in [0.29, 0.717) is 23.9 Å². The number of alkyl halides is 1. The molecule has 104 valence electrons. The number of esters is 2. The summed E-state index contributed by atoms with van der Waals surface area (Å²) in [6.07, 6.45) is 0.704. The standard InChI is InChI=1S/C14H17BrO4/c1-3-19-14(17)12-6-4-5-10(9-15)11(12)7-8-13(16)18-2/h4-6H,3,7-9H2,1-2H3. The first-order chi connectivity index (χ1) is 9.13. The molecule has 5 heteroatoms. The van der Waals surface area contributed by atoms with E-state index in [0.717, 1.165) is 11.1 Å². The summed E-state index contributed by atoms with van der Waals surface area (Å²) in [4.78, 5) is 23.1. The minimum atomic E-state index is -0.356. The zero-order valence-electron chi connectivity index (χ0n) is 11.1. The number of halogens is 1. The number of benzene rings is 1. The molecule has 0 unspecified atom stereocenters. The number of methoxy groups -OCH3 is 1. The van der Waals surface area contributed by atoms with Crippen LogP contribution in [0.2, 0.25) is 0 Å². The highest BCUT2D eigenvalue weighted by atomic mass is 79.9. The molecule has 0 amide bonds. The van der Waals surface area contributed by atoms with E-state index in [1.807, 2.05) is 12.1 Å². The Hall–Kier alpha value is -1.36. The largest absolute Gasteiger partial charge is 0.469 e. The van der Waals surface area contributed by atoms with Gasteiger partial charge in [0.05, 0.1) is 19.3 Å². The Morgan fingerprint density at radius 1 is 1.32 bits per heavy atom. The number of carbonyl (C=O) groups is 2. The van der Waals surface area contributed by atoms with Gasteiger partial charge in [0, 0.05) is 11.8 Å². The molecule has 0 atom stereocenters. The van der Waals surface area contributed by atoms with E-state index in [1.54, 1.807) is 13.0 Å². The summed E-state index contributed by atoms with van der Waals surface area (Å²) in [5.41, 5.74) is 2.33. The zero-order valence-corrected chi connectivity index (χ0v) is 12.7. The molecule has 0 bridgehead atoms. The molecule has 0 radical (unpaired) electrons. The van der Waals surface area contributed by atoms with Gasteiger partial charge in [0.1, 0.15) is 0 Å². The summed E-state index contributed by atoms with van der Waals surface area (Å²) in [7, 11) is 1.35. The van der Waals surface area contributed by atoms with Gasteiger partial charge in [-0.25, -0.2) is 4.79 Å². The van der Waals surface area contributed by atoms with Crippen LogP contribution in [0.25, 0.3) is 0 Å². The first-order valence-electron chi connectivity index (χ1n) is 6.04.